The van der Waals surface area contributed by atoms with E-state index < -0.39 is 0 Å². The molecule has 0 bridgehead atoms. The van der Waals surface area contributed by atoms with Gasteiger partial charge in [0.15, 0.2) is 11.6 Å². The molecule has 6 nitrogen and oxygen atoms in total. The Labute approximate surface area is 138 Å². The molecule has 20 heavy (non-hydrogen) atoms. The molecule has 6 N–H and O–H groups in total. The van der Waals surface area contributed by atoms with E-state index in [0.717, 1.165) is 11.4 Å². The van der Waals surface area contributed by atoms with Crippen LogP contribution in [0.2, 0.25) is 0 Å². The van der Waals surface area contributed by atoms with E-state index in [2.05, 4.69) is 10.6 Å². The number of ketones is 2. The Morgan fingerprint density at radius 1 is 0.800 bits per heavy atom. The van der Waals surface area contributed by atoms with Crippen molar-refractivity contribution in [1.29, 1.82) is 0 Å². The zero-order valence-electron chi connectivity index (χ0n) is 12.3. The van der Waals surface area contributed by atoms with Gasteiger partial charge in [0.05, 0.1) is 0 Å². The molecule has 0 saturated carbocycles. The van der Waals surface area contributed by atoms with Gasteiger partial charge in [0.25, 0.3) is 0 Å². The number of nitrogens with two attached hydrogens (primary N) is 2. The largest absolute Gasteiger partial charge is 3.00 e. The smallest absolute Gasteiger partial charge is 1.00 e. The van der Waals surface area contributed by atoms with E-state index in [4.69, 9.17) is 0 Å². The number of carbonyl (C=O) groups excluding carboxylic acids is 2. The van der Waals surface area contributed by atoms with Gasteiger partial charge in [-0.1, -0.05) is 0 Å². The van der Waals surface area contributed by atoms with E-state index >= 15 is 0 Å². The van der Waals surface area contributed by atoms with Gasteiger partial charge in [-0.3, -0.25) is 9.59 Å². The van der Waals surface area contributed by atoms with Gasteiger partial charge in [-0.15, -0.1) is 0 Å². The van der Waals surface area contributed by atoms with E-state index in [-0.39, 0.29) is 53.1 Å². The van der Waals surface area contributed by atoms with Crippen LogP contribution < -0.4 is 23.0 Å². The first-order valence-corrected chi connectivity index (χ1v) is 5.27. The van der Waals surface area contributed by atoms with Gasteiger partial charge in [-0.25, -0.2) is 0 Å². The first-order valence-electron chi connectivity index (χ1n) is 5.27. The molecule has 0 aromatic rings. The first-order chi connectivity index (χ1) is 7.41. The molecule has 0 amide bonds. The molecule has 0 aliphatic heterocycles. The molecule has 0 fully saturated rings. The number of halogens is 1. The Morgan fingerprint density at radius 3 is 1.25 bits per heavy atom. The SMILES string of the molecule is CC(=O)/C=C(/C)NCCN/C(C)=C\C(C)=O.[Cl-].[Co+3].[NH2-].[NH2-]. The molecule has 0 aromatic heterocycles. The van der Waals surface area contributed by atoms with Gasteiger partial charge >= 0.3 is 16.8 Å². The summed E-state index contributed by atoms with van der Waals surface area (Å²) in [4.78, 5) is 21.5. The maximum absolute atomic E-state index is 10.7. The van der Waals surface area contributed by atoms with Crippen molar-refractivity contribution < 1.29 is 38.8 Å². The summed E-state index contributed by atoms with van der Waals surface area (Å²) in [5, 5.41) is 6.18. The number of carbonyl (C=O) groups is 2. The third-order valence-corrected chi connectivity index (χ3v) is 1.77. The van der Waals surface area contributed by atoms with Crippen molar-refractivity contribution in [2.24, 2.45) is 0 Å². The fraction of sp³-hybridized carbons (Fsp3) is 0.500. The second-order valence-corrected chi connectivity index (χ2v) is 3.73. The summed E-state index contributed by atoms with van der Waals surface area (Å²) in [7, 11) is 0. The topological polar surface area (TPSA) is 125 Å². The van der Waals surface area contributed by atoms with Crippen LogP contribution in [0.15, 0.2) is 23.5 Å². The third kappa shape index (κ3) is 22.3. The Morgan fingerprint density at radius 2 is 1.05 bits per heavy atom. The Kier molecular flexibility index (Phi) is 28.6. The summed E-state index contributed by atoms with van der Waals surface area (Å²) in [6, 6.07) is 0. The molecule has 0 rings (SSSR count). The van der Waals surface area contributed by atoms with E-state index in [9.17, 15) is 9.59 Å². The van der Waals surface area contributed by atoms with Gasteiger partial charge < -0.3 is 35.3 Å². The zero-order valence-corrected chi connectivity index (χ0v) is 14.0. The van der Waals surface area contributed by atoms with Crippen LogP contribution in [0.5, 0.6) is 0 Å². The number of hydrogen-bond acceptors (Lipinski definition) is 4. The molecule has 0 aromatic carbocycles. The Balaban J connectivity index is -0.000000187. The van der Waals surface area contributed by atoms with Crippen LogP contribution in [-0.4, -0.2) is 24.7 Å². The molecule has 0 radical (unpaired) electrons. The van der Waals surface area contributed by atoms with Gasteiger partial charge in [0, 0.05) is 24.5 Å². The standard InChI is InChI=1S/C12H20N2O2.ClH.Co.2H2N/c1-9(7-11(3)15)13-5-6-14-10(2)8-12(4)16;;;;/h7-8,13-14H,5-6H2,1-4H3;1H;;2*1H2/q;;+3;2*-1/p-1/b9-7-,10-8-;;;;. The van der Waals surface area contributed by atoms with E-state index in [1.54, 1.807) is 12.2 Å². The van der Waals surface area contributed by atoms with Gasteiger partial charge in [0.2, 0.25) is 0 Å². The van der Waals surface area contributed by atoms with Crippen molar-refractivity contribution in [3.05, 3.63) is 35.8 Å². The van der Waals surface area contributed by atoms with Crippen LogP contribution in [0.4, 0.5) is 0 Å². The quantitative estimate of drug-likeness (QED) is 0.478. The van der Waals surface area contributed by atoms with Crippen LogP contribution in [0.25, 0.3) is 12.3 Å². The maximum atomic E-state index is 10.7. The van der Waals surface area contributed by atoms with Crippen molar-refractivity contribution in [3.63, 3.8) is 0 Å². The summed E-state index contributed by atoms with van der Waals surface area (Å²) in [6.45, 7) is 8.14. The normalized spacial score (nSPS) is 9.80. The van der Waals surface area contributed by atoms with E-state index in [1.165, 1.54) is 13.8 Å². The summed E-state index contributed by atoms with van der Waals surface area (Å²) in [6.07, 6.45) is 3.11. The molecule has 0 aliphatic rings. The van der Waals surface area contributed by atoms with Gasteiger partial charge in [-0.2, -0.15) is 0 Å². The fourth-order valence-corrected chi connectivity index (χ4v) is 1.23. The second kappa shape index (κ2) is 18.1. The number of rotatable bonds is 7. The first kappa shape index (κ1) is 31.5. The number of allylic oxidation sites excluding steroid dienone is 4. The molecule has 0 aliphatic carbocycles. The van der Waals surface area contributed by atoms with Crippen LogP contribution in [0.3, 0.4) is 0 Å². The Hall–Kier alpha value is -0.864. The molecule has 0 spiro atoms. The minimum atomic E-state index is 0. The van der Waals surface area contributed by atoms with Gasteiger partial charge in [-0.05, 0) is 39.8 Å². The van der Waals surface area contributed by atoms with Crippen molar-refractivity contribution in [2.45, 2.75) is 27.7 Å². The summed E-state index contributed by atoms with van der Waals surface area (Å²) in [5.41, 5.74) is 1.70. The van der Waals surface area contributed by atoms with Crippen molar-refractivity contribution in [1.82, 2.24) is 10.6 Å². The number of hydrogen-bond donors (Lipinski definition) is 2. The van der Waals surface area contributed by atoms with Crippen molar-refractivity contribution >= 4 is 11.6 Å². The van der Waals surface area contributed by atoms with E-state index in [0.29, 0.717) is 13.1 Å². The molecule has 8 heteroatoms. The van der Waals surface area contributed by atoms with Crippen LogP contribution in [0.1, 0.15) is 27.7 Å². The van der Waals surface area contributed by atoms with Gasteiger partial charge in [0.1, 0.15) is 0 Å². The predicted octanol–water partition coefficient (Wildman–Crippen LogP) is -0.413. The van der Waals surface area contributed by atoms with Crippen molar-refractivity contribution in [2.75, 3.05) is 13.1 Å². The fourth-order valence-electron chi connectivity index (χ4n) is 1.23. The predicted molar refractivity (Wildman–Crippen MR) is 75.5 cm³/mol. The monoisotopic (exact) mass is 350 g/mol. The van der Waals surface area contributed by atoms with Crippen LogP contribution in [0, 0.1) is 0 Å². The molecule has 0 unspecified atom stereocenters. The van der Waals surface area contributed by atoms with Crippen LogP contribution in [-0.2, 0) is 26.4 Å². The average molecular weight is 351 g/mol. The van der Waals surface area contributed by atoms with E-state index in [1.807, 2.05) is 13.8 Å². The molecular weight excluding hydrogens is 327 g/mol. The minimum Gasteiger partial charge on any atom is -1.00 e. The summed E-state index contributed by atoms with van der Waals surface area (Å²) < 4.78 is 0. The Bertz CT molecular complexity index is 301. The molecular formula is C12H24ClCoN4O2. The van der Waals surface area contributed by atoms with Crippen LogP contribution >= 0.6 is 0 Å². The summed E-state index contributed by atoms with van der Waals surface area (Å²) >= 11 is 0. The minimum absolute atomic E-state index is 0. The second-order valence-electron chi connectivity index (χ2n) is 3.73. The molecule has 0 atom stereocenters. The molecule has 0 heterocycles. The molecule has 120 valence electrons. The zero-order chi connectivity index (χ0) is 12.6. The molecule has 0 saturated heterocycles. The van der Waals surface area contributed by atoms with Crippen molar-refractivity contribution in [3.8, 4) is 0 Å². The summed E-state index contributed by atoms with van der Waals surface area (Å²) in [5.74, 6) is 0.0660. The third-order valence-electron chi connectivity index (χ3n) is 1.77. The average Bonchev–Trinajstić information content (AvgIpc) is 2.10. The number of nitrogens with one attached hydrogen (secondary N) is 2. The maximum Gasteiger partial charge on any atom is 3.00 e.